The number of pyridine rings is 1. The molecule has 0 saturated heterocycles. The van der Waals surface area contributed by atoms with E-state index in [0.717, 1.165) is 0 Å². The Bertz CT molecular complexity index is 1110. The van der Waals surface area contributed by atoms with Crippen molar-refractivity contribution in [2.45, 2.75) is 12.8 Å². The predicted molar refractivity (Wildman–Crippen MR) is 113 cm³/mol. The third-order valence-electron chi connectivity index (χ3n) is 4.35. The number of hydrogen-bond acceptors (Lipinski definition) is 7. The third-order valence-corrected chi connectivity index (χ3v) is 4.35. The van der Waals surface area contributed by atoms with E-state index >= 15 is 0 Å². The van der Waals surface area contributed by atoms with Gasteiger partial charge in [0.1, 0.15) is 22.6 Å². The number of aromatic nitrogens is 3. The van der Waals surface area contributed by atoms with Crippen molar-refractivity contribution in [2.75, 3.05) is 17.6 Å². The lowest BCUT2D eigenvalue weighted by atomic mass is 10.0. The largest absolute Gasteiger partial charge is 0.506 e. The summed E-state index contributed by atoms with van der Waals surface area (Å²) < 4.78 is 5.34. The van der Waals surface area contributed by atoms with E-state index in [2.05, 4.69) is 20.3 Å². The van der Waals surface area contributed by atoms with Crippen molar-refractivity contribution >= 4 is 40.7 Å². The molecule has 9 heteroatoms. The Kier molecular flexibility index (Phi) is 6.04. The molecule has 0 radical (unpaired) electrons. The maximum atomic E-state index is 12.7. The molecule has 0 bridgehead atoms. The second-order valence-corrected chi connectivity index (χ2v) is 6.35. The van der Waals surface area contributed by atoms with Crippen molar-refractivity contribution in [1.82, 2.24) is 15.0 Å². The lowest BCUT2D eigenvalue weighted by Gasteiger charge is -2.06. The number of aromatic hydroxyl groups is 1. The van der Waals surface area contributed by atoms with Crippen molar-refractivity contribution in [3.63, 3.8) is 0 Å². The van der Waals surface area contributed by atoms with Crippen LogP contribution in [-0.2, 0) is 0 Å². The molecule has 3 aromatic heterocycles. The van der Waals surface area contributed by atoms with Crippen molar-refractivity contribution in [2.24, 2.45) is 0 Å². The Labute approximate surface area is 172 Å². The van der Waals surface area contributed by atoms with Gasteiger partial charge < -0.3 is 25.6 Å². The topological polar surface area (TPSA) is 130 Å². The number of furan rings is 1. The Balaban J connectivity index is 0.00000240. The summed E-state index contributed by atoms with van der Waals surface area (Å²) in [6.45, 7) is 0.599. The lowest BCUT2D eigenvalue weighted by molar-refractivity contribution is 0.0982. The number of H-pyrrole nitrogens is 1. The molecule has 0 unspecified atom stereocenters. The molecule has 0 aliphatic rings. The number of phenolic OH excluding ortho intramolecular Hbond substituents is 1. The number of Topliss-reactive ketones (excluding diaryl/α,β-unsaturated/α-hetero) is 1. The molecule has 0 atom stereocenters. The van der Waals surface area contributed by atoms with Crippen LogP contribution in [-0.4, -0.2) is 32.4 Å². The van der Waals surface area contributed by atoms with E-state index < -0.39 is 0 Å². The number of phenols is 1. The van der Waals surface area contributed by atoms with E-state index in [1.54, 1.807) is 36.5 Å². The van der Waals surface area contributed by atoms with Crippen molar-refractivity contribution < 1.29 is 14.3 Å². The lowest BCUT2D eigenvalue weighted by Crippen LogP contribution is -2.07. The molecular weight excluding hydrogens is 394 g/mol. The minimum absolute atomic E-state index is 0. The fourth-order valence-electron chi connectivity index (χ4n) is 2.94. The second-order valence-electron chi connectivity index (χ2n) is 6.35. The number of aromatic amines is 1. The average molecular weight is 414 g/mol. The van der Waals surface area contributed by atoms with E-state index in [4.69, 9.17) is 10.2 Å². The van der Waals surface area contributed by atoms with Crippen LogP contribution in [0.3, 0.4) is 0 Å². The van der Waals surface area contributed by atoms with Gasteiger partial charge in [-0.05, 0) is 42.8 Å². The summed E-state index contributed by atoms with van der Waals surface area (Å²) in [6.07, 6.45) is 4.08. The van der Waals surface area contributed by atoms with E-state index in [1.165, 1.54) is 12.3 Å². The van der Waals surface area contributed by atoms with Crippen LogP contribution in [0, 0.1) is 0 Å². The zero-order valence-corrected chi connectivity index (χ0v) is 16.2. The van der Waals surface area contributed by atoms with Gasteiger partial charge in [-0.25, -0.2) is 9.97 Å². The SMILES string of the molecule is Cl.Nc1ccc(NCCCC(=O)c2ccc(O)c3[nH]c(-c4ccco4)nc23)nc1. The first-order valence-electron chi connectivity index (χ1n) is 8.86. The van der Waals surface area contributed by atoms with E-state index in [1.807, 2.05) is 0 Å². The fraction of sp³-hybridized carbons (Fsp3) is 0.150. The van der Waals surface area contributed by atoms with Crippen LogP contribution in [0.25, 0.3) is 22.6 Å². The van der Waals surface area contributed by atoms with Gasteiger partial charge >= 0.3 is 0 Å². The van der Waals surface area contributed by atoms with Gasteiger partial charge in [0.05, 0.1) is 18.1 Å². The molecule has 29 heavy (non-hydrogen) atoms. The Morgan fingerprint density at radius 3 is 2.83 bits per heavy atom. The highest BCUT2D eigenvalue weighted by Crippen LogP contribution is 2.30. The maximum Gasteiger partial charge on any atom is 0.174 e. The van der Waals surface area contributed by atoms with Crippen LogP contribution in [0.4, 0.5) is 11.5 Å². The number of rotatable bonds is 7. The van der Waals surface area contributed by atoms with E-state index in [-0.39, 0.29) is 23.9 Å². The van der Waals surface area contributed by atoms with E-state index in [0.29, 0.717) is 59.1 Å². The summed E-state index contributed by atoms with van der Waals surface area (Å²) in [5.41, 5.74) is 7.53. The number of nitrogens with zero attached hydrogens (tertiary/aromatic N) is 2. The molecule has 0 amide bonds. The number of imidazole rings is 1. The normalized spacial score (nSPS) is 10.6. The molecule has 0 aliphatic carbocycles. The van der Waals surface area contributed by atoms with Crippen molar-refractivity contribution in [1.29, 1.82) is 0 Å². The summed E-state index contributed by atoms with van der Waals surface area (Å²) in [5.74, 6) is 1.70. The smallest absolute Gasteiger partial charge is 0.174 e. The number of fused-ring (bicyclic) bond motifs is 1. The van der Waals surface area contributed by atoms with Crippen LogP contribution in [0.15, 0.2) is 53.3 Å². The van der Waals surface area contributed by atoms with Crippen LogP contribution < -0.4 is 11.1 Å². The highest BCUT2D eigenvalue weighted by molar-refractivity contribution is 6.07. The highest BCUT2D eigenvalue weighted by atomic mass is 35.5. The molecular formula is C20H20ClN5O3. The minimum Gasteiger partial charge on any atom is -0.506 e. The van der Waals surface area contributed by atoms with Gasteiger partial charge in [-0.1, -0.05) is 0 Å². The number of hydrogen-bond donors (Lipinski definition) is 4. The molecule has 3 heterocycles. The number of benzene rings is 1. The minimum atomic E-state index is -0.0467. The Morgan fingerprint density at radius 2 is 2.10 bits per heavy atom. The zero-order chi connectivity index (χ0) is 19.5. The summed E-state index contributed by atoms with van der Waals surface area (Å²) in [5, 5.41) is 13.3. The number of ketones is 1. The van der Waals surface area contributed by atoms with Crippen molar-refractivity contribution in [3.8, 4) is 17.3 Å². The average Bonchev–Trinajstić information content (AvgIpc) is 3.37. The molecule has 0 aliphatic heterocycles. The van der Waals surface area contributed by atoms with Crippen LogP contribution in [0.2, 0.25) is 0 Å². The van der Waals surface area contributed by atoms with Gasteiger partial charge in [-0.3, -0.25) is 4.79 Å². The van der Waals surface area contributed by atoms with Crippen molar-refractivity contribution in [3.05, 3.63) is 54.4 Å². The zero-order valence-electron chi connectivity index (χ0n) is 15.4. The molecule has 0 spiro atoms. The Morgan fingerprint density at radius 1 is 1.24 bits per heavy atom. The van der Waals surface area contributed by atoms with Gasteiger partial charge in [-0.15, -0.1) is 12.4 Å². The van der Waals surface area contributed by atoms with Gasteiger partial charge in [0.25, 0.3) is 0 Å². The maximum absolute atomic E-state index is 12.7. The van der Waals surface area contributed by atoms with Gasteiger partial charge in [0.15, 0.2) is 17.4 Å². The number of carbonyl (C=O) groups is 1. The molecule has 4 rings (SSSR count). The summed E-state index contributed by atoms with van der Waals surface area (Å²) in [6, 6.07) is 10.2. The quantitative estimate of drug-likeness (QED) is 0.266. The number of halogens is 1. The summed E-state index contributed by atoms with van der Waals surface area (Å²) >= 11 is 0. The van der Waals surface area contributed by atoms with E-state index in [9.17, 15) is 9.90 Å². The highest BCUT2D eigenvalue weighted by Gasteiger charge is 2.17. The van der Waals surface area contributed by atoms with Gasteiger partial charge in [0.2, 0.25) is 0 Å². The van der Waals surface area contributed by atoms with Gasteiger partial charge in [0, 0.05) is 18.5 Å². The molecule has 0 fully saturated rings. The van der Waals surface area contributed by atoms with Crippen LogP contribution >= 0.6 is 12.4 Å². The monoisotopic (exact) mass is 413 g/mol. The second kappa shape index (κ2) is 8.66. The number of carbonyl (C=O) groups excluding carboxylic acids is 1. The summed E-state index contributed by atoms with van der Waals surface area (Å²) in [7, 11) is 0. The molecule has 4 aromatic rings. The van der Waals surface area contributed by atoms with Gasteiger partial charge in [-0.2, -0.15) is 0 Å². The first-order valence-corrected chi connectivity index (χ1v) is 8.86. The Hall–Kier alpha value is -3.52. The van der Waals surface area contributed by atoms with Crippen LogP contribution in [0.1, 0.15) is 23.2 Å². The van der Waals surface area contributed by atoms with Crippen LogP contribution in [0.5, 0.6) is 5.75 Å². The molecule has 150 valence electrons. The first-order chi connectivity index (χ1) is 13.6. The molecule has 1 aromatic carbocycles. The first kappa shape index (κ1) is 20.2. The summed E-state index contributed by atoms with van der Waals surface area (Å²) in [4.78, 5) is 24.3. The number of anilines is 2. The predicted octanol–water partition coefficient (Wildman–Crippen LogP) is 4.00. The number of nitrogens with one attached hydrogen (secondary N) is 2. The fourth-order valence-corrected chi connectivity index (χ4v) is 2.94. The standard InChI is InChI=1S/C20H19N5O3.ClH/c21-12-5-8-17(23-11-12)22-9-1-3-14(26)13-6-7-15(27)19-18(13)24-20(25-19)16-4-2-10-28-16;/h2,4-8,10-11,27H,1,3,9,21H2,(H,22,23)(H,24,25);1H. The molecule has 0 saturated carbocycles. The number of nitrogen functional groups attached to an aromatic ring is 1. The molecule has 8 nitrogen and oxygen atoms in total. The number of nitrogens with two attached hydrogens (primary N) is 1. The molecule has 5 N–H and O–H groups in total. The third kappa shape index (κ3) is 4.33.